The van der Waals surface area contributed by atoms with E-state index < -0.39 is 16.0 Å². The van der Waals surface area contributed by atoms with Crippen molar-refractivity contribution in [2.75, 3.05) is 10.8 Å². The van der Waals surface area contributed by atoms with Crippen LogP contribution in [0, 0.1) is 13.8 Å². The molecule has 1 N–H and O–H groups in total. The maximum Gasteiger partial charge on any atom is 0.335 e. The fraction of sp³-hybridized carbons (Fsp3) is 0.235. The minimum atomic E-state index is -3.78. The summed E-state index contributed by atoms with van der Waals surface area (Å²) in [6.07, 6.45) is 0.556. The Labute approximate surface area is 145 Å². The number of nitrogens with zero attached hydrogens (tertiary/aromatic N) is 1. The fourth-order valence-electron chi connectivity index (χ4n) is 2.88. The molecule has 1 aliphatic rings. The van der Waals surface area contributed by atoms with Gasteiger partial charge in [-0.3, -0.25) is 4.31 Å². The molecule has 1 aliphatic heterocycles. The third-order valence-electron chi connectivity index (χ3n) is 4.21. The highest BCUT2D eigenvalue weighted by Gasteiger charge is 2.32. The van der Waals surface area contributed by atoms with E-state index in [1.807, 2.05) is 0 Å². The number of aryl methyl sites for hydroxylation is 2. The summed E-state index contributed by atoms with van der Waals surface area (Å²) in [6, 6.07) is 7.78. The number of halogens is 1. The summed E-state index contributed by atoms with van der Waals surface area (Å²) in [6.45, 7) is 3.74. The Morgan fingerprint density at radius 3 is 2.54 bits per heavy atom. The molecule has 0 saturated carbocycles. The van der Waals surface area contributed by atoms with Gasteiger partial charge in [0, 0.05) is 11.6 Å². The van der Waals surface area contributed by atoms with Gasteiger partial charge in [0.2, 0.25) is 0 Å². The summed E-state index contributed by atoms with van der Waals surface area (Å²) < 4.78 is 27.5. The summed E-state index contributed by atoms with van der Waals surface area (Å²) in [7, 11) is -3.78. The number of anilines is 1. The average molecular weight is 366 g/mol. The van der Waals surface area contributed by atoms with Crippen LogP contribution in [0.4, 0.5) is 5.69 Å². The van der Waals surface area contributed by atoms with Crippen LogP contribution in [0.2, 0.25) is 5.02 Å². The second-order valence-corrected chi connectivity index (χ2v) is 8.08. The predicted octanol–water partition coefficient (Wildman–Crippen LogP) is 3.41. The molecule has 7 heteroatoms. The van der Waals surface area contributed by atoms with E-state index in [1.165, 1.54) is 16.4 Å². The molecule has 0 spiro atoms. The first-order valence-corrected chi connectivity index (χ1v) is 9.19. The molecule has 3 rings (SSSR count). The molecule has 2 aromatic rings. The van der Waals surface area contributed by atoms with Crippen molar-refractivity contribution in [3.63, 3.8) is 0 Å². The van der Waals surface area contributed by atoms with Crippen LogP contribution < -0.4 is 4.31 Å². The normalized spacial score (nSPS) is 13.9. The smallest absolute Gasteiger partial charge is 0.335 e. The monoisotopic (exact) mass is 365 g/mol. The van der Waals surface area contributed by atoms with E-state index in [9.17, 15) is 13.2 Å². The van der Waals surface area contributed by atoms with E-state index in [0.717, 1.165) is 5.56 Å². The number of rotatable bonds is 3. The lowest BCUT2D eigenvalue weighted by molar-refractivity contribution is 0.0697. The summed E-state index contributed by atoms with van der Waals surface area (Å²) in [5.74, 6) is -1.08. The molecular formula is C17H16ClNO4S. The molecule has 0 bridgehead atoms. The Balaban J connectivity index is 2.13. The first-order chi connectivity index (χ1) is 11.2. The molecule has 0 fully saturated rings. The molecule has 5 nitrogen and oxygen atoms in total. The highest BCUT2D eigenvalue weighted by molar-refractivity contribution is 7.93. The first-order valence-electron chi connectivity index (χ1n) is 7.37. The standard InChI is InChI=1S/C17H16ClNO4S/c1-10-8-16(11(2)7-14(10)18)24(22,23)19-6-5-12-3-4-13(17(20)21)9-15(12)19/h3-4,7-9H,5-6H2,1-2H3,(H,20,21). The van der Waals surface area contributed by atoms with E-state index in [1.54, 1.807) is 32.0 Å². The van der Waals surface area contributed by atoms with Gasteiger partial charge in [0.15, 0.2) is 0 Å². The van der Waals surface area contributed by atoms with Crippen LogP contribution in [0.25, 0.3) is 0 Å². The molecule has 0 amide bonds. The zero-order valence-electron chi connectivity index (χ0n) is 13.2. The molecule has 24 heavy (non-hydrogen) atoms. The van der Waals surface area contributed by atoms with Crippen LogP contribution in [0.5, 0.6) is 0 Å². The zero-order chi connectivity index (χ0) is 17.6. The van der Waals surface area contributed by atoms with Crippen molar-refractivity contribution >= 4 is 33.3 Å². The first kappa shape index (κ1) is 16.8. The molecule has 0 unspecified atom stereocenters. The number of sulfonamides is 1. The third kappa shape index (κ3) is 2.65. The van der Waals surface area contributed by atoms with Crippen molar-refractivity contribution < 1.29 is 18.3 Å². The molecule has 126 valence electrons. The molecule has 0 atom stereocenters. The number of hydrogen-bond donors (Lipinski definition) is 1. The van der Waals surface area contributed by atoms with E-state index in [4.69, 9.17) is 16.7 Å². The maximum atomic E-state index is 13.1. The summed E-state index contributed by atoms with van der Waals surface area (Å²) in [5.41, 5.74) is 2.57. The Hall–Kier alpha value is -2.05. The van der Waals surface area contributed by atoms with Crippen molar-refractivity contribution in [3.05, 3.63) is 57.6 Å². The van der Waals surface area contributed by atoms with Gasteiger partial charge in [-0.15, -0.1) is 0 Å². The average Bonchev–Trinajstić information content (AvgIpc) is 2.94. The number of benzene rings is 2. The lowest BCUT2D eigenvalue weighted by Crippen LogP contribution is -2.30. The highest BCUT2D eigenvalue weighted by Crippen LogP contribution is 2.35. The molecule has 0 aliphatic carbocycles. The second-order valence-electron chi connectivity index (χ2n) is 5.84. The summed E-state index contributed by atoms with van der Waals surface area (Å²) in [5, 5.41) is 9.67. The number of carboxylic acid groups (broad SMARTS) is 1. The minimum absolute atomic E-state index is 0.0693. The SMILES string of the molecule is Cc1cc(S(=O)(=O)N2CCc3ccc(C(=O)O)cc32)c(C)cc1Cl. The number of carbonyl (C=O) groups is 1. The number of fused-ring (bicyclic) bond motifs is 1. The van der Waals surface area contributed by atoms with Gasteiger partial charge in [-0.1, -0.05) is 17.7 Å². The van der Waals surface area contributed by atoms with Crippen LogP contribution in [0.1, 0.15) is 27.0 Å². The number of aromatic carboxylic acids is 1. The second kappa shape index (κ2) is 5.79. The molecule has 1 heterocycles. The third-order valence-corrected chi connectivity index (χ3v) is 6.57. The number of carboxylic acids is 1. The molecular weight excluding hydrogens is 350 g/mol. The minimum Gasteiger partial charge on any atom is -0.478 e. The van der Waals surface area contributed by atoms with Gasteiger partial charge in [0.1, 0.15) is 0 Å². The van der Waals surface area contributed by atoms with Gasteiger partial charge in [-0.25, -0.2) is 13.2 Å². The molecule has 2 aromatic carbocycles. The number of hydrogen-bond acceptors (Lipinski definition) is 3. The Kier molecular flexibility index (Phi) is 4.05. The van der Waals surface area contributed by atoms with Crippen molar-refractivity contribution in [3.8, 4) is 0 Å². The highest BCUT2D eigenvalue weighted by atomic mass is 35.5. The maximum absolute atomic E-state index is 13.1. The Morgan fingerprint density at radius 1 is 1.17 bits per heavy atom. The van der Waals surface area contributed by atoms with Crippen LogP contribution in [-0.4, -0.2) is 26.0 Å². The van der Waals surface area contributed by atoms with E-state index >= 15 is 0 Å². The van der Waals surface area contributed by atoms with Gasteiger partial charge in [-0.2, -0.15) is 0 Å². The Morgan fingerprint density at radius 2 is 1.88 bits per heavy atom. The van der Waals surface area contributed by atoms with E-state index in [2.05, 4.69) is 0 Å². The van der Waals surface area contributed by atoms with Gasteiger partial charge >= 0.3 is 5.97 Å². The lowest BCUT2D eigenvalue weighted by Gasteiger charge is -2.21. The molecule has 0 saturated heterocycles. The quantitative estimate of drug-likeness (QED) is 0.904. The van der Waals surface area contributed by atoms with Gasteiger partial charge in [-0.05, 0) is 61.2 Å². The lowest BCUT2D eigenvalue weighted by atomic mass is 10.1. The van der Waals surface area contributed by atoms with E-state index in [-0.39, 0.29) is 10.5 Å². The summed E-state index contributed by atoms with van der Waals surface area (Å²) >= 11 is 6.06. The van der Waals surface area contributed by atoms with Gasteiger partial charge in [0.05, 0.1) is 16.1 Å². The van der Waals surface area contributed by atoms with Crippen molar-refractivity contribution in [2.45, 2.75) is 25.2 Å². The molecule has 0 aromatic heterocycles. The van der Waals surface area contributed by atoms with Crippen molar-refractivity contribution in [1.29, 1.82) is 0 Å². The van der Waals surface area contributed by atoms with Gasteiger partial charge in [0.25, 0.3) is 10.0 Å². The van der Waals surface area contributed by atoms with Crippen LogP contribution in [0.3, 0.4) is 0 Å². The topological polar surface area (TPSA) is 74.7 Å². The summed E-state index contributed by atoms with van der Waals surface area (Å²) in [4.78, 5) is 11.4. The fourth-order valence-corrected chi connectivity index (χ4v) is 4.89. The van der Waals surface area contributed by atoms with Crippen LogP contribution in [0.15, 0.2) is 35.2 Å². The van der Waals surface area contributed by atoms with Crippen molar-refractivity contribution in [1.82, 2.24) is 0 Å². The van der Waals surface area contributed by atoms with Crippen LogP contribution in [-0.2, 0) is 16.4 Å². The molecule has 0 radical (unpaired) electrons. The Bertz CT molecular complexity index is 953. The largest absolute Gasteiger partial charge is 0.478 e. The van der Waals surface area contributed by atoms with Crippen molar-refractivity contribution in [2.24, 2.45) is 0 Å². The predicted molar refractivity (Wildman–Crippen MR) is 92.6 cm³/mol. The zero-order valence-corrected chi connectivity index (χ0v) is 14.8. The van der Waals surface area contributed by atoms with Gasteiger partial charge < -0.3 is 5.11 Å². The van der Waals surface area contributed by atoms with Crippen LogP contribution >= 0.6 is 11.6 Å². The van der Waals surface area contributed by atoms with E-state index in [0.29, 0.717) is 34.8 Å².